The number of hydrogen-bond acceptors (Lipinski definition) is 5. The Labute approximate surface area is 120 Å². The maximum absolute atomic E-state index is 11.6. The summed E-state index contributed by atoms with van der Waals surface area (Å²) in [5.74, 6) is 0. The van der Waals surface area contributed by atoms with Crippen molar-refractivity contribution < 1.29 is 4.74 Å². The SMILES string of the molecule is Cn1ncc(NCCOC2CCNCC2)c(Br)c1=O. The zero-order valence-electron chi connectivity index (χ0n) is 11.0. The molecule has 1 fully saturated rings. The molecule has 19 heavy (non-hydrogen) atoms. The van der Waals surface area contributed by atoms with E-state index < -0.39 is 0 Å². The molecule has 0 aromatic carbocycles. The van der Waals surface area contributed by atoms with Crippen molar-refractivity contribution in [2.75, 3.05) is 31.6 Å². The molecule has 106 valence electrons. The highest BCUT2D eigenvalue weighted by Crippen LogP contribution is 2.15. The minimum Gasteiger partial charge on any atom is -0.380 e. The van der Waals surface area contributed by atoms with Crippen molar-refractivity contribution in [2.24, 2.45) is 7.05 Å². The Bertz CT molecular complexity index is 471. The Kier molecular flexibility index (Phi) is 5.35. The number of rotatable bonds is 5. The Morgan fingerprint density at radius 2 is 2.32 bits per heavy atom. The fourth-order valence-corrected chi connectivity index (χ4v) is 2.51. The molecule has 0 amide bonds. The van der Waals surface area contributed by atoms with Crippen LogP contribution in [-0.4, -0.2) is 42.1 Å². The van der Waals surface area contributed by atoms with Crippen molar-refractivity contribution in [3.8, 4) is 0 Å². The molecule has 2 N–H and O–H groups in total. The Balaban J connectivity index is 1.76. The van der Waals surface area contributed by atoms with Crippen LogP contribution in [0.25, 0.3) is 0 Å². The molecule has 0 spiro atoms. The molecule has 1 saturated heterocycles. The second-order valence-electron chi connectivity index (χ2n) is 4.55. The van der Waals surface area contributed by atoms with Crippen molar-refractivity contribution in [3.05, 3.63) is 21.0 Å². The van der Waals surface area contributed by atoms with Crippen LogP contribution in [0.5, 0.6) is 0 Å². The molecular formula is C12H19BrN4O2. The van der Waals surface area contributed by atoms with Gasteiger partial charge in [-0.25, -0.2) is 4.68 Å². The zero-order valence-corrected chi connectivity index (χ0v) is 12.6. The van der Waals surface area contributed by atoms with Gasteiger partial charge in [-0.1, -0.05) is 0 Å². The lowest BCUT2D eigenvalue weighted by molar-refractivity contribution is 0.0394. The third-order valence-corrected chi connectivity index (χ3v) is 3.90. The normalized spacial score (nSPS) is 16.5. The molecule has 0 unspecified atom stereocenters. The number of nitrogens with zero attached hydrogens (tertiary/aromatic N) is 2. The van der Waals surface area contributed by atoms with E-state index in [0.29, 0.717) is 29.4 Å². The number of anilines is 1. The summed E-state index contributed by atoms with van der Waals surface area (Å²) < 4.78 is 7.58. The Morgan fingerprint density at radius 1 is 1.58 bits per heavy atom. The quantitative estimate of drug-likeness (QED) is 0.779. The van der Waals surface area contributed by atoms with Gasteiger partial charge in [-0.05, 0) is 41.9 Å². The topological polar surface area (TPSA) is 68.2 Å². The van der Waals surface area contributed by atoms with E-state index in [1.54, 1.807) is 13.2 Å². The van der Waals surface area contributed by atoms with Crippen molar-refractivity contribution in [1.29, 1.82) is 0 Å². The van der Waals surface area contributed by atoms with Gasteiger partial charge < -0.3 is 15.4 Å². The van der Waals surface area contributed by atoms with Gasteiger partial charge in [0.05, 0.1) is 24.6 Å². The van der Waals surface area contributed by atoms with Crippen LogP contribution >= 0.6 is 15.9 Å². The summed E-state index contributed by atoms with van der Waals surface area (Å²) in [6.07, 6.45) is 4.12. The number of halogens is 1. The van der Waals surface area contributed by atoms with E-state index >= 15 is 0 Å². The number of piperidine rings is 1. The van der Waals surface area contributed by atoms with Gasteiger partial charge in [0.15, 0.2) is 0 Å². The summed E-state index contributed by atoms with van der Waals surface area (Å²) in [7, 11) is 1.62. The molecule has 1 aromatic heterocycles. The van der Waals surface area contributed by atoms with Crippen molar-refractivity contribution in [1.82, 2.24) is 15.1 Å². The summed E-state index contributed by atoms with van der Waals surface area (Å²) in [6, 6.07) is 0. The lowest BCUT2D eigenvalue weighted by Gasteiger charge is -2.23. The van der Waals surface area contributed by atoms with E-state index in [1.807, 2.05) is 0 Å². The minimum atomic E-state index is -0.149. The highest BCUT2D eigenvalue weighted by Gasteiger charge is 2.12. The van der Waals surface area contributed by atoms with Crippen molar-refractivity contribution in [2.45, 2.75) is 18.9 Å². The van der Waals surface area contributed by atoms with Crippen LogP contribution in [0, 0.1) is 0 Å². The molecule has 1 aromatic rings. The largest absolute Gasteiger partial charge is 0.380 e. The molecule has 2 rings (SSSR count). The average Bonchev–Trinajstić information content (AvgIpc) is 2.44. The minimum absolute atomic E-state index is 0.149. The van der Waals surface area contributed by atoms with Gasteiger partial charge in [0.25, 0.3) is 5.56 Å². The van der Waals surface area contributed by atoms with Crippen LogP contribution < -0.4 is 16.2 Å². The van der Waals surface area contributed by atoms with Crippen LogP contribution in [0.4, 0.5) is 5.69 Å². The van der Waals surface area contributed by atoms with Gasteiger partial charge in [0.1, 0.15) is 4.47 Å². The van der Waals surface area contributed by atoms with Gasteiger partial charge in [0, 0.05) is 13.6 Å². The van der Waals surface area contributed by atoms with Gasteiger partial charge in [-0.3, -0.25) is 4.79 Å². The summed E-state index contributed by atoms with van der Waals surface area (Å²) in [4.78, 5) is 11.6. The van der Waals surface area contributed by atoms with Gasteiger partial charge in [0.2, 0.25) is 0 Å². The van der Waals surface area contributed by atoms with Crippen LogP contribution in [-0.2, 0) is 11.8 Å². The summed E-state index contributed by atoms with van der Waals surface area (Å²) in [5.41, 5.74) is 0.557. The first-order valence-corrected chi connectivity index (χ1v) is 7.26. The van der Waals surface area contributed by atoms with Crippen molar-refractivity contribution in [3.63, 3.8) is 0 Å². The lowest BCUT2D eigenvalue weighted by Crippen LogP contribution is -2.33. The van der Waals surface area contributed by atoms with Crippen LogP contribution in [0.15, 0.2) is 15.5 Å². The third kappa shape index (κ3) is 4.02. The molecule has 1 aliphatic rings. The first-order chi connectivity index (χ1) is 9.18. The second kappa shape index (κ2) is 7.02. The third-order valence-electron chi connectivity index (χ3n) is 3.14. The molecule has 0 aliphatic carbocycles. The first kappa shape index (κ1) is 14.5. The van der Waals surface area contributed by atoms with Gasteiger partial charge in [-0.15, -0.1) is 0 Å². The highest BCUT2D eigenvalue weighted by molar-refractivity contribution is 9.10. The number of nitrogens with one attached hydrogen (secondary N) is 2. The summed E-state index contributed by atoms with van der Waals surface area (Å²) in [6.45, 7) is 3.36. The number of ether oxygens (including phenoxy) is 1. The molecule has 2 heterocycles. The van der Waals surface area contributed by atoms with E-state index in [4.69, 9.17) is 4.74 Å². The fraction of sp³-hybridized carbons (Fsp3) is 0.667. The number of aryl methyl sites for hydroxylation is 1. The fourth-order valence-electron chi connectivity index (χ4n) is 2.01. The average molecular weight is 331 g/mol. The monoisotopic (exact) mass is 330 g/mol. The lowest BCUT2D eigenvalue weighted by atomic mass is 10.1. The molecule has 0 saturated carbocycles. The molecule has 6 nitrogen and oxygen atoms in total. The number of hydrogen-bond donors (Lipinski definition) is 2. The van der Waals surface area contributed by atoms with Gasteiger partial charge >= 0.3 is 0 Å². The predicted octanol–water partition coefficient (Wildman–Crippen LogP) is 0.723. The van der Waals surface area contributed by atoms with E-state index in [-0.39, 0.29) is 5.56 Å². The van der Waals surface area contributed by atoms with E-state index in [9.17, 15) is 4.79 Å². The van der Waals surface area contributed by atoms with Crippen LogP contribution in [0.3, 0.4) is 0 Å². The smallest absolute Gasteiger partial charge is 0.282 e. The molecular weight excluding hydrogens is 312 g/mol. The first-order valence-electron chi connectivity index (χ1n) is 6.46. The second-order valence-corrected chi connectivity index (χ2v) is 5.34. The van der Waals surface area contributed by atoms with E-state index in [1.165, 1.54) is 4.68 Å². The zero-order chi connectivity index (χ0) is 13.7. The Hall–Kier alpha value is -0.920. The van der Waals surface area contributed by atoms with Crippen molar-refractivity contribution >= 4 is 21.6 Å². The molecule has 7 heteroatoms. The van der Waals surface area contributed by atoms with Gasteiger partial charge in [-0.2, -0.15) is 5.10 Å². The van der Waals surface area contributed by atoms with Crippen LogP contribution in [0.2, 0.25) is 0 Å². The van der Waals surface area contributed by atoms with E-state index in [2.05, 4.69) is 31.7 Å². The highest BCUT2D eigenvalue weighted by atomic mass is 79.9. The molecule has 1 aliphatic heterocycles. The standard InChI is InChI=1S/C12H19BrN4O2/c1-17-12(18)11(13)10(8-16-17)15-6-7-19-9-2-4-14-5-3-9/h8-9,14-15H,2-7H2,1H3. The Morgan fingerprint density at radius 3 is 3.05 bits per heavy atom. The molecule has 0 radical (unpaired) electrons. The van der Waals surface area contributed by atoms with Crippen LogP contribution in [0.1, 0.15) is 12.8 Å². The summed E-state index contributed by atoms with van der Waals surface area (Å²) in [5, 5.41) is 10.4. The maximum atomic E-state index is 11.6. The predicted molar refractivity (Wildman–Crippen MR) is 77.5 cm³/mol. The number of aromatic nitrogens is 2. The summed E-state index contributed by atoms with van der Waals surface area (Å²) >= 11 is 3.27. The maximum Gasteiger partial charge on any atom is 0.282 e. The molecule has 0 atom stereocenters. The molecule has 0 bridgehead atoms. The van der Waals surface area contributed by atoms with E-state index in [0.717, 1.165) is 25.9 Å².